The number of Topliss-reactive ketones (excluding diaryl/α,β-unsaturated/α-hetero) is 1. The van der Waals surface area contributed by atoms with Gasteiger partial charge in [-0.3, -0.25) is 14.9 Å². The zero-order chi connectivity index (χ0) is 17.3. The number of benzene rings is 2. The van der Waals surface area contributed by atoms with Gasteiger partial charge in [0.05, 0.1) is 11.8 Å². The van der Waals surface area contributed by atoms with E-state index in [2.05, 4.69) is 0 Å². The van der Waals surface area contributed by atoms with Gasteiger partial charge in [0.15, 0.2) is 0 Å². The van der Waals surface area contributed by atoms with E-state index in [0.717, 1.165) is 22.3 Å². The van der Waals surface area contributed by atoms with Crippen molar-refractivity contribution in [2.24, 2.45) is 0 Å². The number of nitro groups is 1. The molecule has 0 unspecified atom stereocenters. The van der Waals surface area contributed by atoms with Crippen LogP contribution in [0.1, 0.15) is 46.9 Å². The van der Waals surface area contributed by atoms with Gasteiger partial charge in [0.25, 0.3) is 0 Å². The van der Waals surface area contributed by atoms with Crippen molar-refractivity contribution in [2.75, 3.05) is 0 Å². The Balaban J connectivity index is 2.02. The number of rotatable bonds is 3. The van der Waals surface area contributed by atoms with Crippen LogP contribution in [0.4, 0.5) is 0 Å². The Morgan fingerprint density at radius 2 is 1.21 bits per heavy atom. The predicted molar refractivity (Wildman–Crippen MR) is 92.9 cm³/mol. The summed E-state index contributed by atoms with van der Waals surface area (Å²) in [7, 11) is 0. The molecule has 4 heteroatoms. The lowest BCUT2D eigenvalue weighted by atomic mass is 9.71. The Morgan fingerprint density at radius 3 is 1.54 bits per heavy atom. The highest BCUT2D eigenvalue weighted by Crippen LogP contribution is 2.41. The zero-order valence-corrected chi connectivity index (χ0v) is 13.9. The second-order valence-corrected chi connectivity index (χ2v) is 6.76. The topological polar surface area (TPSA) is 60.2 Å². The Bertz CT molecular complexity index is 692. The van der Waals surface area contributed by atoms with Gasteiger partial charge in [-0.25, -0.2) is 0 Å². The predicted octanol–water partition coefficient (Wildman–Crippen LogP) is 4.18. The summed E-state index contributed by atoms with van der Waals surface area (Å²) in [6.45, 7) is 3.96. The van der Waals surface area contributed by atoms with Crippen LogP contribution in [0.2, 0.25) is 0 Å². The summed E-state index contributed by atoms with van der Waals surface area (Å²) >= 11 is 0. The van der Waals surface area contributed by atoms with E-state index >= 15 is 0 Å². The molecule has 0 aliphatic heterocycles. The van der Waals surface area contributed by atoms with Crippen LogP contribution in [-0.2, 0) is 4.79 Å². The minimum Gasteiger partial charge on any atom is -0.300 e. The van der Waals surface area contributed by atoms with Gasteiger partial charge in [-0.15, -0.1) is 0 Å². The average Bonchev–Trinajstić information content (AvgIpc) is 2.55. The number of hydrogen-bond acceptors (Lipinski definition) is 3. The number of ketones is 1. The molecule has 1 fully saturated rings. The molecule has 1 saturated carbocycles. The van der Waals surface area contributed by atoms with Crippen molar-refractivity contribution >= 4 is 5.78 Å². The maximum absolute atomic E-state index is 12.3. The van der Waals surface area contributed by atoms with Crippen molar-refractivity contribution in [1.82, 2.24) is 0 Å². The van der Waals surface area contributed by atoms with Gasteiger partial charge >= 0.3 is 0 Å². The first-order valence-electron chi connectivity index (χ1n) is 8.24. The summed E-state index contributed by atoms with van der Waals surface area (Å²) in [5, 5.41) is 11.9. The summed E-state index contributed by atoms with van der Waals surface area (Å²) in [6, 6.07) is 14.7. The first-order valence-corrected chi connectivity index (χ1v) is 8.24. The Hall–Kier alpha value is -2.49. The zero-order valence-electron chi connectivity index (χ0n) is 13.9. The van der Waals surface area contributed by atoms with Gasteiger partial charge in [0.2, 0.25) is 6.04 Å². The highest BCUT2D eigenvalue weighted by molar-refractivity contribution is 5.81. The van der Waals surface area contributed by atoms with Crippen LogP contribution in [0.25, 0.3) is 0 Å². The van der Waals surface area contributed by atoms with Crippen LogP contribution in [0, 0.1) is 24.0 Å². The molecule has 0 N–H and O–H groups in total. The molecule has 124 valence electrons. The first kappa shape index (κ1) is 16.4. The second kappa shape index (κ2) is 6.56. The fraction of sp³-hybridized carbons (Fsp3) is 0.350. The molecule has 1 aliphatic carbocycles. The minimum absolute atomic E-state index is 0.101. The normalized spacial score (nSPS) is 21.7. The second-order valence-electron chi connectivity index (χ2n) is 6.76. The molecule has 0 saturated heterocycles. The Morgan fingerprint density at radius 1 is 0.833 bits per heavy atom. The molecule has 0 bridgehead atoms. The molecule has 1 aliphatic rings. The van der Waals surface area contributed by atoms with Crippen LogP contribution in [0.15, 0.2) is 48.5 Å². The molecule has 2 aromatic carbocycles. The molecule has 3 rings (SSSR count). The molecule has 0 amide bonds. The van der Waals surface area contributed by atoms with Gasteiger partial charge < -0.3 is 0 Å². The fourth-order valence-corrected chi connectivity index (χ4v) is 3.65. The Kier molecular flexibility index (Phi) is 4.47. The van der Waals surface area contributed by atoms with E-state index in [1.54, 1.807) is 0 Å². The number of hydrogen-bond donors (Lipinski definition) is 0. The number of carbonyl (C=O) groups is 1. The van der Waals surface area contributed by atoms with E-state index in [0.29, 0.717) is 0 Å². The van der Waals surface area contributed by atoms with Crippen molar-refractivity contribution in [3.05, 3.63) is 80.9 Å². The quantitative estimate of drug-likeness (QED) is 0.629. The molecule has 24 heavy (non-hydrogen) atoms. The number of aryl methyl sites for hydroxylation is 2. The van der Waals surface area contributed by atoms with Gasteiger partial charge in [0.1, 0.15) is 5.78 Å². The molecular formula is C20H21NO3. The minimum atomic E-state index is -0.770. The third-order valence-electron chi connectivity index (χ3n) is 4.97. The van der Waals surface area contributed by atoms with E-state index in [1.807, 2.05) is 62.4 Å². The third kappa shape index (κ3) is 3.23. The van der Waals surface area contributed by atoms with E-state index in [1.165, 1.54) is 0 Å². The van der Waals surface area contributed by atoms with Crippen molar-refractivity contribution < 1.29 is 9.72 Å². The van der Waals surface area contributed by atoms with E-state index in [4.69, 9.17) is 0 Å². The number of carbonyl (C=O) groups excluding carboxylic acids is 1. The lowest BCUT2D eigenvalue weighted by Gasteiger charge is -2.32. The van der Waals surface area contributed by atoms with Gasteiger partial charge in [0, 0.05) is 17.8 Å². The molecule has 0 heterocycles. The van der Waals surface area contributed by atoms with Crippen molar-refractivity contribution in [3.63, 3.8) is 0 Å². The van der Waals surface area contributed by atoms with Gasteiger partial charge in [-0.2, -0.15) is 0 Å². The van der Waals surface area contributed by atoms with Crippen LogP contribution in [-0.4, -0.2) is 16.7 Å². The third-order valence-corrected chi connectivity index (χ3v) is 4.97. The molecule has 2 aromatic rings. The standard InChI is InChI=1S/C20H21NO3/c1-13-3-7-15(8-4-13)18-11-17(22)12-19(20(18)21(23)24)16-9-5-14(2)6-10-16/h3-10,18-20H,11-12H2,1-2H3/t18-,19-/m0/s1. The lowest BCUT2D eigenvalue weighted by molar-refractivity contribution is -0.532. The van der Waals surface area contributed by atoms with Crippen molar-refractivity contribution in [3.8, 4) is 0 Å². The summed E-state index contributed by atoms with van der Waals surface area (Å²) < 4.78 is 0. The highest BCUT2D eigenvalue weighted by atomic mass is 16.6. The molecule has 4 nitrogen and oxygen atoms in total. The molecule has 0 spiro atoms. The largest absolute Gasteiger partial charge is 0.300 e. The van der Waals surface area contributed by atoms with Crippen molar-refractivity contribution in [2.45, 2.75) is 44.6 Å². The SMILES string of the molecule is Cc1ccc([C@@H]2CC(=O)C[C@@H](c3ccc(C)cc3)C2[N+](=O)[O-])cc1. The van der Waals surface area contributed by atoms with Gasteiger partial charge in [-0.05, 0) is 25.0 Å². The Labute approximate surface area is 141 Å². The molecule has 0 aromatic heterocycles. The van der Waals surface area contributed by atoms with E-state index in [-0.39, 0.29) is 35.4 Å². The van der Waals surface area contributed by atoms with E-state index < -0.39 is 6.04 Å². The van der Waals surface area contributed by atoms with Crippen molar-refractivity contribution in [1.29, 1.82) is 0 Å². The number of nitrogens with zero attached hydrogens (tertiary/aromatic N) is 1. The van der Waals surface area contributed by atoms with Gasteiger partial charge in [-0.1, -0.05) is 59.7 Å². The summed E-state index contributed by atoms with van der Waals surface area (Å²) in [5.41, 5.74) is 3.97. The maximum atomic E-state index is 12.3. The molecule has 2 atom stereocenters. The summed E-state index contributed by atoms with van der Waals surface area (Å²) in [4.78, 5) is 24.0. The highest BCUT2D eigenvalue weighted by Gasteiger charge is 2.46. The van der Waals surface area contributed by atoms with Crippen LogP contribution < -0.4 is 0 Å². The molecular weight excluding hydrogens is 302 g/mol. The van der Waals surface area contributed by atoms with Crippen LogP contribution in [0.3, 0.4) is 0 Å². The van der Waals surface area contributed by atoms with E-state index in [9.17, 15) is 14.9 Å². The average molecular weight is 323 g/mol. The smallest absolute Gasteiger partial charge is 0.227 e. The summed E-state index contributed by atoms with van der Waals surface area (Å²) in [5.74, 6) is -0.634. The lowest BCUT2D eigenvalue weighted by Crippen LogP contribution is -2.40. The van der Waals surface area contributed by atoms with Crippen LogP contribution >= 0.6 is 0 Å². The molecule has 0 radical (unpaired) electrons. The van der Waals surface area contributed by atoms with Crippen LogP contribution in [0.5, 0.6) is 0 Å². The maximum Gasteiger partial charge on any atom is 0.227 e. The summed E-state index contributed by atoms with van der Waals surface area (Å²) in [6.07, 6.45) is 0.494. The fourth-order valence-electron chi connectivity index (χ4n) is 3.65. The first-order chi connectivity index (χ1) is 11.5. The monoisotopic (exact) mass is 323 g/mol.